The highest BCUT2D eigenvalue weighted by Crippen LogP contribution is 2.24. The van der Waals surface area contributed by atoms with E-state index in [0.717, 1.165) is 17.5 Å². The maximum atomic E-state index is 13.0. The number of rotatable bonds is 9. The first-order chi connectivity index (χ1) is 15.6. The van der Waals surface area contributed by atoms with Gasteiger partial charge in [-0.2, -0.15) is 0 Å². The highest BCUT2D eigenvalue weighted by atomic mass is 35.5. The second-order valence-electron chi connectivity index (χ2n) is 8.51. The fraction of sp³-hybridized carbons (Fsp3) is 0.269. The van der Waals surface area contributed by atoms with Gasteiger partial charge in [-0.25, -0.2) is 8.42 Å². The van der Waals surface area contributed by atoms with Crippen molar-refractivity contribution in [1.82, 2.24) is 5.32 Å². The van der Waals surface area contributed by atoms with Gasteiger partial charge in [0.1, 0.15) is 0 Å². The van der Waals surface area contributed by atoms with E-state index in [2.05, 4.69) is 19.2 Å². The lowest BCUT2D eigenvalue weighted by Gasteiger charge is -2.23. The summed E-state index contributed by atoms with van der Waals surface area (Å²) in [5.74, 6) is 0.216. The van der Waals surface area contributed by atoms with Crippen LogP contribution in [0.2, 0.25) is 5.02 Å². The minimum absolute atomic E-state index is 0.101. The number of nitrogens with one attached hydrogen (secondary N) is 1. The zero-order chi connectivity index (χ0) is 24.0. The van der Waals surface area contributed by atoms with Crippen LogP contribution >= 0.6 is 11.6 Å². The van der Waals surface area contributed by atoms with E-state index < -0.39 is 10.0 Å². The molecule has 174 valence electrons. The Morgan fingerprint density at radius 1 is 0.939 bits per heavy atom. The van der Waals surface area contributed by atoms with Crippen molar-refractivity contribution in [3.05, 3.63) is 101 Å². The van der Waals surface area contributed by atoms with Gasteiger partial charge in [-0.1, -0.05) is 67.9 Å². The summed E-state index contributed by atoms with van der Waals surface area (Å²) < 4.78 is 26.2. The molecule has 0 aliphatic heterocycles. The Hall–Kier alpha value is -2.83. The standard InChI is InChI=1S/C26H29ClN2O3S/c1-19(2)17-25(21-7-5-4-6-8-21)28-26(30)22-11-15-24(16-12-22)29(33(3,31)32)18-20-9-13-23(27)14-10-20/h4-16,19,25H,17-18H2,1-3H3,(H,28,30)/t25-/m1/s1. The van der Waals surface area contributed by atoms with E-state index in [1.165, 1.54) is 10.6 Å². The molecule has 0 bridgehead atoms. The van der Waals surface area contributed by atoms with Crippen LogP contribution in [0.15, 0.2) is 78.9 Å². The Labute approximate surface area is 201 Å². The molecule has 0 aliphatic carbocycles. The number of halogens is 1. The van der Waals surface area contributed by atoms with Gasteiger partial charge in [0.25, 0.3) is 5.91 Å². The van der Waals surface area contributed by atoms with Gasteiger partial charge in [-0.3, -0.25) is 9.10 Å². The van der Waals surface area contributed by atoms with E-state index in [4.69, 9.17) is 11.6 Å². The molecule has 5 nitrogen and oxygen atoms in total. The smallest absolute Gasteiger partial charge is 0.251 e. The number of sulfonamides is 1. The average Bonchev–Trinajstić information content (AvgIpc) is 2.78. The quantitative estimate of drug-likeness (QED) is 0.416. The largest absolute Gasteiger partial charge is 0.345 e. The predicted octanol–water partition coefficient (Wildman–Crippen LogP) is 5.82. The van der Waals surface area contributed by atoms with Crippen molar-refractivity contribution in [2.24, 2.45) is 5.92 Å². The van der Waals surface area contributed by atoms with Crippen molar-refractivity contribution in [3.63, 3.8) is 0 Å². The van der Waals surface area contributed by atoms with Gasteiger partial charge in [0.05, 0.1) is 24.5 Å². The SMILES string of the molecule is CC(C)C[C@@H](NC(=O)c1ccc(N(Cc2ccc(Cl)cc2)S(C)(=O)=O)cc1)c1ccccc1. The fourth-order valence-electron chi connectivity index (χ4n) is 3.61. The summed E-state index contributed by atoms with van der Waals surface area (Å²) in [5, 5.41) is 3.71. The van der Waals surface area contributed by atoms with Gasteiger partial charge in [0.2, 0.25) is 10.0 Å². The van der Waals surface area contributed by atoms with Crippen LogP contribution < -0.4 is 9.62 Å². The Bertz CT molecular complexity index is 1160. The third-order valence-electron chi connectivity index (χ3n) is 5.27. The van der Waals surface area contributed by atoms with E-state index in [-0.39, 0.29) is 18.5 Å². The number of benzene rings is 3. The molecule has 3 aromatic rings. The van der Waals surface area contributed by atoms with E-state index >= 15 is 0 Å². The van der Waals surface area contributed by atoms with E-state index in [1.54, 1.807) is 48.5 Å². The Morgan fingerprint density at radius 3 is 2.09 bits per heavy atom. The summed E-state index contributed by atoms with van der Waals surface area (Å²) in [4.78, 5) is 13.0. The number of nitrogens with zero attached hydrogens (tertiary/aromatic N) is 1. The second kappa shape index (κ2) is 10.9. The van der Waals surface area contributed by atoms with Crippen LogP contribution in [0, 0.1) is 5.92 Å². The van der Waals surface area contributed by atoms with Crippen molar-refractivity contribution in [3.8, 4) is 0 Å². The summed E-state index contributed by atoms with van der Waals surface area (Å²) >= 11 is 5.94. The molecule has 0 unspecified atom stereocenters. The van der Waals surface area contributed by atoms with Crippen LogP contribution in [0.25, 0.3) is 0 Å². The molecule has 0 heterocycles. The van der Waals surface area contributed by atoms with E-state index in [9.17, 15) is 13.2 Å². The Morgan fingerprint density at radius 2 is 1.55 bits per heavy atom. The third-order valence-corrected chi connectivity index (χ3v) is 6.66. The zero-order valence-electron chi connectivity index (χ0n) is 19.0. The van der Waals surface area contributed by atoms with E-state index in [0.29, 0.717) is 22.2 Å². The lowest BCUT2D eigenvalue weighted by Crippen LogP contribution is -2.30. The zero-order valence-corrected chi connectivity index (χ0v) is 20.6. The minimum Gasteiger partial charge on any atom is -0.345 e. The molecule has 0 saturated heterocycles. The Kier molecular flexibility index (Phi) is 8.16. The van der Waals surface area contributed by atoms with Gasteiger partial charge in [-0.15, -0.1) is 0 Å². The lowest BCUT2D eigenvalue weighted by molar-refractivity contribution is 0.0932. The molecule has 0 saturated carbocycles. The highest BCUT2D eigenvalue weighted by molar-refractivity contribution is 7.92. The van der Waals surface area contributed by atoms with Crippen LogP contribution in [0.4, 0.5) is 5.69 Å². The number of carbonyl (C=O) groups excluding carboxylic acids is 1. The van der Waals surface area contributed by atoms with Crippen molar-refractivity contribution in [1.29, 1.82) is 0 Å². The number of amides is 1. The molecule has 1 N–H and O–H groups in total. The lowest BCUT2D eigenvalue weighted by atomic mass is 9.96. The molecule has 0 spiro atoms. The number of carbonyl (C=O) groups is 1. The highest BCUT2D eigenvalue weighted by Gasteiger charge is 2.20. The van der Waals surface area contributed by atoms with Crippen molar-refractivity contribution in [2.45, 2.75) is 32.9 Å². The molecule has 3 aromatic carbocycles. The summed E-state index contributed by atoms with van der Waals surface area (Å²) in [7, 11) is -3.53. The maximum absolute atomic E-state index is 13.0. The molecule has 0 fully saturated rings. The molecule has 1 amide bonds. The first-order valence-corrected chi connectivity index (χ1v) is 13.0. The van der Waals surface area contributed by atoms with Crippen molar-refractivity contribution < 1.29 is 13.2 Å². The van der Waals surface area contributed by atoms with Gasteiger partial charge in [-0.05, 0) is 59.9 Å². The first-order valence-electron chi connectivity index (χ1n) is 10.8. The molecule has 7 heteroatoms. The van der Waals surface area contributed by atoms with Crippen LogP contribution in [0.5, 0.6) is 0 Å². The second-order valence-corrected chi connectivity index (χ2v) is 10.9. The van der Waals surface area contributed by atoms with Crippen LogP contribution in [-0.4, -0.2) is 20.6 Å². The average molecular weight is 485 g/mol. The monoisotopic (exact) mass is 484 g/mol. The molecule has 0 aromatic heterocycles. The van der Waals surface area contributed by atoms with Gasteiger partial charge in [0, 0.05) is 10.6 Å². The topological polar surface area (TPSA) is 66.5 Å². The molecular weight excluding hydrogens is 456 g/mol. The molecule has 3 rings (SSSR count). The van der Waals surface area contributed by atoms with Gasteiger partial charge < -0.3 is 5.32 Å². The van der Waals surface area contributed by atoms with Crippen molar-refractivity contribution >= 4 is 33.2 Å². The molecule has 0 radical (unpaired) electrons. The number of hydrogen-bond donors (Lipinski definition) is 1. The molecule has 0 aliphatic rings. The maximum Gasteiger partial charge on any atom is 0.251 e. The van der Waals surface area contributed by atoms with Crippen LogP contribution in [0.1, 0.15) is 47.8 Å². The number of anilines is 1. The summed E-state index contributed by atoms with van der Waals surface area (Å²) in [6.45, 7) is 4.42. The molecule has 33 heavy (non-hydrogen) atoms. The molecular formula is C26H29ClN2O3S. The van der Waals surface area contributed by atoms with Crippen LogP contribution in [-0.2, 0) is 16.6 Å². The first kappa shape index (κ1) is 24.8. The minimum atomic E-state index is -3.53. The van der Waals surface area contributed by atoms with Crippen LogP contribution in [0.3, 0.4) is 0 Å². The Balaban J connectivity index is 1.79. The summed E-state index contributed by atoms with van der Waals surface area (Å²) in [6, 6.07) is 23.5. The van der Waals surface area contributed by atoms with Crippen molar-refractivity contribution in [2.75, 3.05) is 10.6 Å². The third kappa shape index (κ3) is 7.07. The van der Waals surface area contributed by atoms with Gasteiger partial charge >= 0.3 is 0 Å². The summed E-state index contributed by atoms with van der Waals surface area (Å²) in [6.07, 6.45) is 1.98. The van der Waals surface area contributed by atoms with Gasteiger partial charge in [0.15, 0.2) is 0 Å². The fourth-order valence-corrected chi connectivity index (χ4v) is 4.63. The van der Waals surface area contributed by atoms with E-state index in [1.807, 2.05) is 30.3 Å². The molecule has 1 atom stereocenters. The summed E-state index contributed by atoms with van der Waals surface area (Å²) in [5.41, 5.74) is 2.84. The normalized spacial score (nSPS) is 12.4. The number of hydrogen-bond acceptors (Lipinski definition) is 3. The predicted molar refractivity (Wildman–Crippen MR) is 135 cm³/mol.